The lowest BCUT2D eigenvalue weighted by molar-refractivity contribution is -0.0899. The maximum atomic E-state index is 13.0. The van der Waals surface area contributed by atoms with E-state index in [1.807, 2.05) is 0 Å². The third kappa shape index (κ3) is 3.84. The molecule has 4 heterocycles. The number of benzene rings is 1. The van der Waals surface area contributed by atoms with Crippen molar-refractivity contribution in [2.75, 3.05) is 26.6 Å². The maximum absolute atomic E-state index is 13.0. The van der Waals surface area contributed by atoms with Crippen molar-refractivity contribution in [2.45, 2.75) is 30.8 Å². The highest BCUT2D eigenvalue weighted by molar-refractivity contribution is 6.07. The molecule has 3 aromatic heterocycles. The van der Waals surface area contributed by atoms with Gasteiger partial charge in [0.1, 0.15) is 48.1 Å². The predicted octanol–water partition coefficient (Wildman–Crippen LogP) is 1.08. The van der Waals surface area contributed by atoms with Gasteiger partial charge in [-0.3, -0.25) is 4.57 Å². The van der Waals surface area contributed by atoms with Gasteiger partial charge >= 0.3 is 12.1 Å². The summed E-state index contributed by atoms with van der Waals surface area (Å²) in [7, 11) is 2.72. The number of rotatable bonds is 5. The highest BCUT2D eigenvalue weighted by Crippen LogP contribution is 2.40. The van der Waals surface area contributed by atoms with Gasteiger partial charge in [-0.05, 0) is 31.2 Å². The number of aliphatic hydroxyl groups is 2. The number of nitrogens with two attached hydrogens (primary N) is 1. The molecule has 0 aliphatic carbocycles. The first kappa shape index (κ1) is 24.5. The average Bonchev–Trinajstić information content (AvgIpc) is 3.57. The van der Waals surface area contributed by atoms with Crippen molar-refractivity contribution in [1.29, 1.82) is 0 Å². The molecule has 0 bridgehead atoms. The van der Waals surface area contributed by atoms with Gasteiger partial charge in [0.25, 0.3) is 0 Å². The van der Waals surface area contributed by atoms with Crippen molar-refractivity contribution in [3.8, 4) is 5.75 Å². The average molecular weight is 511 g/mol. The molecule has 13 heteroatoms. The largest absolute Gasteiger partial charge is 0.497 e. The van der Waals surface area contributed by atoms with Crippen LogP contribution in [0.2, 0.25) is 0 Å². The number of nitrogen functional groups attached to an aromatic ring is 1. The minimum Gasteiger partial charge on any atom is -0.497 e. The Morgan fingerprint density at radius 1 is 1.19 bits per heavy atom. The van der Waals surface area contributed by atoms with Crippen molar-refractivity contribution >= 4 is 34.3 Å². The molecule has 1 aliphatic rings. The van der Waals surface area contributed by atoms with E-state index in [4.69, 9.17) is 24.7 Å². The Kier molecular flexibility index (Phi) is 5.98. The number of anilines is 1. The van der Waals surface area contributed by atoms with Gasteiger partial charge in [0.05, 0.1) is 31.0 Å². The molecule has 4 aromatic rings. The molecular formula is C24H25N5O8. The Labute approximate surface area is 209 Å². The predicted molar refractivity (Wildman–Crippen MR) is 128 cm³/mol. The molecule has 0 unspecified atom stereocenters. The van der Waals surface area contributed by atoms with E-state index in [-0.39, 0.29) is 18.0 Å². The fraction of sp³-hybridized carbons (Fsp3) is 0.333. The summed E-state index contributed by atoms with van der Waals surface area (Å²) in [4.78, 5) is 29.2. The fourth-order valence-corrected chi connectivity index (χ4v) is 4.64. The van der Waals surface area contributed by atoms with Crippen LogP contribution in [-0.2, 0) is 19.8 Å². The van der Waals surface area contributed by atoms with Crippen LogP contribution in [0.25, 0.3) is 16.4 Å². The van der Waals surface area contributed by atoms with Crippen LogP contribution in [0.15, 0.2) is 42.9 Å². The number of hydrogen-bond acceptors (Lipinski definition) is 11. The lowest BCUT2D eigenvalue weighted by atomic mass is 9.93. The Bertz CT molecular complexity index is 1510. The zero-order chi connectivity index (χ0) is 26.5. The van der Waals surface area contributed by atoms with Gasteiger partial charge < -0.3 is 34.9 Å². The first-order chi connectivity index (χ1) is 17.7. The summed E-state index contributed by atoms with van der Waals surface area (Å²) in [6.07, 6.45) is -2.07. The van der Waals surface area contributed by atoms with Gasteiger partial charge in [0.15, 0.2) is 5.82 Å². The molecule has 194 valence electrons. The van der Waals surface area contributed by atoms with Crippen molar-refractivity contribution in [1.82, 2.24) is 19.2 Å². The minimum atomic E-state index is -1.39. The Morgan fingerprint density at radius 3 is 2.70 bits per heavy atom. The van der Waals surface area contributed by atoms with Crippen LogP contribution in [0.4, 0.5) is 10.6 Å². The smallest absolute Gasteiger partial charge is 0.418 e. The van der Waals surface area contributed by atoms with Crippen LogP contribution in [0.1, 0.15) is 23.0 Å². The van der Waals surface area contributed by atoms with Crippen molar-refractivity contribution in [3.05, 3.63) is 54.1 Å². The third-order valence-corrected chi connectivity index (χ3v) is 6.64. The summed E-state index contributed by atoms with van der Waals surface area (Å²) in [6, 6.07) is 8.21. The minimum absolute atomic E-state index is 0.165. The van der Waals surface area contributed by atoms with E-state index < -0.39 is 36.0 Å². The van der Waals surface area contributed by atoms with E-state index >= 15 is 0 Å². The summed E-state index contributed by atoms with van der Waals surface area (Å²) in [5.41, 5.74) is 5.98. The molecule has 1 aromatic carbocycles. The van der Waals surface area contributed by atoms with Gasteiger partial charge in [-0.15, -0.1) is 0 Å². The van der Waals surface area contributed by atoms with E-state index in [0.717, 1.165) is 4.57 Å². The topological polar surface area (TPSA) is 173 Å². The van der Waals surface area contributed by atoms with Gasteiger partial charge in [-0.1, -0.05) is 0 Å². The van der Waals surface area contributed by atoms with Gasteiger partial charge in [0, 0.05) is 17.6 Å². The van der Waals surface area contributed by atoms with E-state index in [9.17, 15) is 19.8 Å². The van der Waals surface area contributed by atoms with E-state index in [1.165, 1.54) is 31.3 Å². The number of aromatic nitrogens is 4. The molecule has 0 saturated carbocycles. The number of ether oxygens (including phenoxy) is 4. The molecule has 1 saturated heterocycles. The molecule has 37 heavy (non-hydrogen) atoms. The standard InChI is InChI=1S/C24H25N5O8/c1-24(18-7-6-15-21(25)26-11-27-29(15)18)20(31)19(30)17(37-24)10-36-23(33)28-9-14(22(32)35-3)13-5-4-12(34-2)8-16(13)28/h4-9,11,17,19-20,30-31H,10H2,1-3H3,(H2,25,26,27)/t17-,19-,20-,24+/m1/s1. The number of aliphatic hydroxyl groups excluding tert-OH is 2. The molecule has 1 aliphatic heterocycles. The van der Waals surface area contributed by atoms with Crippen LogP contribution >= 0.6 is 0 Å². The number of methoxy groups -OCH3 is 2. The second kappa shape index (κ2) is 9.03. The van der Waals surface area contributed by atoms with Crippen LogP contribution in [0.5, 0.6) is 5.75 Å². The lowest BCUT2D eigenvalue weighted by Crippen LogP contribution is -2.39. The Hall–Kier alpha value is -4.20. The number of carbonyl (C=O) groups excluding carboxylic acids is 2. The molecule has 1 fully saturated rings. The number of esters is 1. The second-order valence-electron chi connectivity index (χ2n) is 8.72. The molecule has 4 atom stereocenters. The van der Waals surface area contributed by atoms with Crippen molar-refractivity contribution in [3.63, 3.8) is 0 Å². The fourth-order valence-electron chi connectivity index (χ4n) is 4.64. The molecule has 5 rings (SSSR count). The van der Waals surface area contributed by atoms with Crippen LogP contribution in [-0.4, -0.2) is 80.6 Å². The Balaban J connectivity index is 1.39. The number of nitrogens with zero attached hydrogens (tertiary/aromatic N) is 4. The van der Waals surface area contributed by atoms with E-state index in [1.54, 1.807) is 37.3 Å². The van der Waals surface area contributed by atoms with Gasteiger partial charge in [0.2, 0.25) is 0 Å². The zero-order valence-electron chi connectivity index (χ0n) is 20.2. The van der Waals surface area contributed by atoms with Crippen molar-refractivity contribution < 1.29 is 38.7 Å². The normalized spacial score (nSPS) is 23.4. The molecule has 0 radical (unpaired) electrons. The molecule has 0 amide bonds. The summed E-state index contributed by atoms with van der Waals surface area (Å²) in [6.45, 7) is 1.21. The zero-order valence-corrected chi connectivity index (χ0v) is 20.2. The molecule has 4 N–H and O–H groups in total. The molecular weight excluding hydrogens is 486 g/mol. The maximum Gasteiger partial charge on any atom is 0.418 e. The third-order valence-electron chi connectivity index (χ3n) is 6.64. The monoisotopic (exact) mass is 511 g/mol. The quantitative estimate of drug-likeness (QED) is 0.327. The summed E-state index contributed by atoms with van der Waals surface area (Å²) < 4.78 is 24.1. The van der Waals surface area contributed by atoms with Gasteiger partial charge in [-0.2, -0.15) is 5.10 Å². The van der Waals surface area contributed by atoms with E-state index in [2.05, 4.69) is 10.1 Å². The number of hydrogen-bond donors (Lipinski definition) is 3. The lowest BCUT2D eigenvalue weighted by Gasteiger charge is -2.27. The first-order valence-corrected chi connectivity index (χ1v) is 11.3. The first-order valence-electron chi connectivity index (χ1n) is 11.3. The van der Waals surface area contributed by atoms with Crippen LogP contribution < -0.4 is 10.5 Å². The van der Waals surface area contributed by atoms with Crippen molar-refractivity contribution in [2.24, 2.45) is 0 Å². The van der Waals surface area contributed by atoms with Crippen LogP contribution in [0.3, 0.4) is 0 Å². The SMILES string of the molecule is COC(=O)c1cn(C(=O)OC[C@H]2O[C@@](C)(c3ccc4c(N)ncnn34)[C@H](O)[C@@H]2O)c2cc(OC)ccc12. The highest BCUT2D eigenvalue weighted by Gasteiger charge is 2.54. The second-order valence-corrected chi connectivity index (χ2v) is 8.72. The Morgan fingerprint density at radius 2 is 1.97 bits per heavy atom. The van der Waals surface area contributed by atoms with E-state index in [0.29, 0.717) is 27.9 Å². The number of fused-ring (bicyclic) bond motifs is 2. The molecule has 13 nitrogen and oxygen atoms in total. The van der Waals surface area contributed by atoms with Crippen LogP contribution in [0, 0.1) is 0 Å². The summed E-state index contributed by atoms with van der Waals surface area (Å²) >= 11 is 0. The summed E-state index contributed by atoms with van der Waals surface area (Å²) in [5, 5.41) is 26.3. The number of carbonyl (C=O) groups is 2. The highest BCUT2D eigenvalue weighted by atomic mass is 16.6. The summed E-state index contributed by atoms with van der Waals surface area (Å²) in [5.74, 6) is 0.0812. The molecule has 0 spiro atoms. The van der Waals surface area contributed by atoms with Gasteiger partial charge in [-0.25, -0.2) is 19.1 Å².